The van der Waals surface area contributed by atoms with Gasteiger partial charge in [0.1, 0.15) is 5.75 Å². The number of nitrogens with zero attached hydrogens (tertiary/aromatic N) is 4. The van der Waals surface area contributed by atoms with Crippen molar-refractivity contribution in [3.63, 3.8) is 0 Å². The third-order valence-electron chi connectivity index (χ3n) is 2.83. The summed E-state index contributed by atoms with van der Waals surface area (Å²) >= 11 is 6.01. The second-order valence-corrected chi connectivity index (χ2v) is 5.30. The average molecular weight is 323 g/mol. The highest BCUT2D eigenvalue weighted by atomic mass is 35.5. The minimum absolute atomic E-state index is 0.466. The van der Waals surface area contributed by atoms with Crippen LogP contribution >= 0.6 is 11.6 Å². The minimum Gasteiger partial charge on any atom is -0.495 e. The molecule has 7 nitrogen and oxygen atoms in total. The fourth-order valence-electron chi connectivity index (χ4n) is 1.75. The Morgan fingerprint density at radius 1 is 1.32 bits per heavy atom. The van der Waals surface area contributed by atoms with Crippen LogP contribution in [0.3, 0.4) is 0 Å². The zero-order valence-electron chi connectivity index (χ0n) is 12.8. The predicted octanol–water partition coefficient (Wildman–Crippen LogP) is 2.25. The summed E-state index contributed by atoms with van der Waals surface area (Å²) in [6, 6.07) is 5.31. The van der Waals surface area contributed by atoms with E-state index in [4.69, 9.17) is 16.3 Å². The molecule has 2 aromatic rings. The number of rotatable bonds is 7. The van der Waals surface area contributed by atoms with Crippen LogP contribution in [0.4, 0.5) is 17.5 Å². The standard InChI is InChI=1S/C14H19ClN6O/c1-21(2)7-6-16-14-19-13(9-17-20-14)18-11-8-10(15)4-5-12(11)22-3/h4-5,8-9H,6-7H2,1-3H3,(H2,16,18,19,20). The van der Waals surface area contributed by atoms with Crippen LogP contribution in [0.5, 0.6) is 5.75 Å². The molecule has 1 heterocycles. The Bertz CT molecular complexity index is 622. The molecular weight excluding hydrogens is 304 g/mol. The van der Waals surface area contributed by atoms with Gasteiger partial charge in [0.15, 0.2) is 5.82 Å². The van der Waals surface area contributed by atoms with E-state index in [-0.39, 0.29) is 0 Å². The van der Waals surface area contributed by atoms with E-state index in [9.17, 15) is 0 Å². The first kappa shape index (κ1) is 16.3. The Balaban J connectivity index is 2.08. The van der Waals surface area contributed by atoms with Crippen molar-refractivity contribution in [1.29, 1.82) is 0 Å². The lowest BCUT2D eigenvalue weighted by molar-refractivity contribution is 0.417. The summed E-state index contributed by atoms with van der Waals surface area (Å²) in [7, 11) is 5.61. The number of nitrogens with one attached hydrogen (secondary N) is 2. The van der Waals surface area contributed by atoms with Crippen molar-refractivity contribution in [3.8, 4) is 5.75 Å². The van der Waals surface area contributed by atoms with E-state index in [0.717, 1.165) is 18.8 Å². The number of likely N-dealkylation sites (N-methyl/N-ethyl adjacent to an activating group) is 1. The highest BCUT2D eigenvalue weighted by Crippen LogP contribution is 2.29. The molecule has 118 valence electrons. The van der Waals surface area contributed by atoms with Gasteiger partial charge in [0.25, 0.3) is 0 Å². The SMILES string of the molecule is COc1ccc(Cl)cc1Nc1cnnc(NCCN(C)C)n1. The fraction of sp³-hybridized carbons (Fsp3) is 0.357. The van der Waals surface area contributed by atoms with Gasteiger partial charge in [-0.2, -0.15) is 10.1 Å². The summed E-state index contributed by atoms with van der Waals surface area (Å²) in [4.78, 5) is 6.43. The van der Waals surface area contributed by atoms with Crippen molar-refractivity contribution in [2.45, 2.75) is 0 Å². The highest BCUT2D eigenvalue weighted by Gasteiger charge is 2.06. The van der Waals surface area contributed by atoms with Crippen molar-refractivity contribution in [2.75, 3.05) is 44.9 Å². The first-order valence-corrected chi connectivity index (χ1v) is 7.15. The fourth-order valence-corrected chi connectivity index (χ4v) is 1.92. The van der Waals surface area contributed by atoms with Crippen LogP contribution in [0.2, 0.25) is 5.02 Å². The number of aromatic nitrogens is 3. The lowest BCUT2D eigenvalue weighted by Crippen LogP contribution is -2.21. The van der Waals surface area contributed by atoms with Crippen LogP contribution in [0, 0.1) is 0 Å². The van der Waals surface area contributed by atoms with E-state index < -0.39 is 0 Å². The Kier molecular flexibility index (Phi) is 5.74. The largest absolute Gasteiger partial charge is 0.495 e. The molecule has 0 fully saturated rings. The molecule has 0 atom stereocenters. The summed E-state index contributed by atoms with van der Waals surface area (Å²) < 4.78 is 5.29. The number of methoxy groups -OCH3 is 1. The van der Waals surface area contributed by atoms with E-state index in [0.29, 0.717) is 22.5 Å². The van der Waals surface area contributed by atoms with Gasteiger partial charge in [0, 0.05) is 18.1 Å². The molecule has 8 heteroatoms. The van der Waals surface area contributed by atoms with Crippen molar-refractivity contribution in [3.05, 3.63) is 29.4 Å². The Labute approximate surface area is 134 Å². The Morgan fingerprint density at radius 3 is 2.86 bits per heavy atom. The van der Waals surface area contributed by atoms with Gasteiger partial charge in [-0.05, 0) is 32.3 Å². The summed E-state index contributed by atoms with van der Waals surface area (Å²) in [5.74, 6) is 1.70. The molecule has 0 unspecified atom stereocenters. The van der Waals surface area contributed by atoms with Gasteiger partial charge in [0.2, 0.25) is 5.95 Å². The molecule has 0 bridgehead atoms. The van der Waals surface area contributed by atoms with E-state index in [2.05, 4.69) is 30.7 Å². The third kappa shape index (κ3) is 4.71. The van der Waals surface area contributed by atoms with Gasteiger partial charge >= 0.3 is 0 Å². The second-order valence-electron chi connectivity index (χ2n) is 4.86. The number of hydrogen-bond donors (Lipinski definition) is 2. The van der Waals surface area contributed by atoms with Crippen molar-refractivity contribution < 1.29 is 4.74 Å². The molecule has 0 saturated heterocycles. The lowest BCUT2D eigenvalue weighted by atomic mass is 10.3. The number of ether oxygens (including phenoxy) is 1. The summed E-state index contributed by atoms with van der Waals surface area (Å²) in [6.07, 6.45) is 1.54. The molecule has 0 radical (unpaired) electrons. The molecular formula is C14H19ClN6O. The van der Waals surface area contributed by atoms with Crippen LogP contribution < -0.4 is 15.4 Å². The molecule has 0 amide bonds. The van der Waals surface area contributed by atoms with E-state index in [1.807, 2.05) is 14.1 Å². The van der Waals surface area contributed by atoms with Gasteiger partial charge < -0.3 is 20.3 Å². The van der Waals surface area contributed by atoms with Crippen LogP contribution in [0.1, 0.15) is 0 Å². The number of anilines is 3. The Morgan fingerprint density at radius 2 is 2.14 bits per heavy atom. The van der Waals surface area contributed by atoms with Crippen molar-refractivity contribution >= 4 is 29.1 Å². The van der Waals surface area contributed by atoms with Crippen molar-refractivity contribution in [1.82, 2.24) is 20.1 Å². The molecule has 0 spiro atoms. The lowest BCUT2D eigenvalue weighted by Gasteiger charge is -2.12. The maximum absolute atomic E-state index is 6.01. The second kappa shape index (κ2) is 7.77. The zero-order chi connectivity index (χ0) is 15.9. The molecule has 22 heavy (non-hydrogen) atoms. The maximum Gasteiger partial charge on any atom is 0.244 e. The zero-order valence-corrected chi connectivity index (χ0v) is 13.6. The molecule has 2 N–H and O–H groups in total. The highest BCUT2D eigenvalue weighted by molar-refractivity contribution is 6.31. The van der Waals surface area contributed by atoms with Crippen LogP contribution in [-0.2, 0) is 0 Å². The topological polar surface area (TPSA) is 75.2 Å². The summed E-state index contributed by atoms with van der Waals surface area (Å²) in [5, 5.41) is 14.7. The molecule has 0 aliphatic rings. The van der Waals surface area contributed by atoms with Gasteiger partial charge in [0.05, 0.1) is 19.0 Å². The molecule has 1 aromatic carbocycles. The predicted molar refractivity (Wildman–Crippen MR) is 88.2 cm³/mol. The van der Waals surface area contributed by atoms with Gasteiger partial charge in [-0.1, -0.05) is 11.6 Å². The average Bonchev–Trinajstić information content (AvgIpc) is 2.47. The Hall–Kier alpha value is -2.12. The number of hydrogen-bond acceptors (Lipinski definition) is 7. The normalized spacial score (nSPS) is 10.6. The van der Waals surface area contributed by atoms with Crippen LogP contribution in [0.25, 0.3) is 0 Å². The molecule has 0 aliphatic heterocycles. The molecule has 0 saturated carbocycles. The first-order valence-electron chi connectivity index (χ1n) is 6.77. The summed E-state index contributed by atoms with van der Waals surface area (Å²) in [5.41, 5.74) is 0.717. The van der Waals surface area contributed by atoms with Crippen LogP contribution in [0.15, 0.2) is 24.4 Å². The first-order chi connectivity index (χ1) is 10.6. The van der Waals surface area contributed by atoms with E-state index in [1.54, 1.807) is 25.3 Å². The van der Waals surface area contributed by atoms with Crippen LogP contribution in [-0.4, -0.2) is 54.4 Å². The maximum atomic E-state index is 6.01. The third-order valence-corrected chi connectivity index (χ3v) is 3.06. The number of benzene rings is 1. The minimum atomic E-state index is 0.466. The van der Waals surface area contributed by atoms with E-state index >= 15 is 0 Å². The van der Waals surface area contributed by atoms with Gasteiger partial charge in [-0.15, -0.1) is 5.10 Å². The number of halogens is 1. The molecule has 2 rings (SSSR count). The van der Waals surface area contributed by atoms with E-state index in [1.165, 1.54) is 6.20 Å². The van der Waals surface area contributed by atoms with Gasteiger partial charge in [-0.25, -0.2) is 0 Å². The smallest absolute Gasteiger partial charge is 0.244 e. The van der Waals surface area contributed by atoms with Gasteiger partial charge in [-0.3, -0.25) is 0 Å². The van der Waals surface area contributed by atoms with Crippen molar-refractivity contribution in [2.24, 2.45) is 0 Å². The monoisotopic (exact) mass is 322 g/mol. The molecule has 0 aliphatic carbocycles. The molecule has 1 aromatic heterocycles. The summed E-state index contributed by atoms with van der Waals surface area (Å²) in [6.45, 7) is 1.61. The quantitative estimate of drug-likeness (QED) is 0.809.